The van der Waals surface area contributed by atoms with E-state index in [1.165, 1.54) is 18.5 Å². The second-order valence-corrected chi connectivity index (χ2v) is 4.25. The quantitative estimate of drug-likeness (QED) is 0.666. The van der Waals surface area contributed by atoms with E-state index in [4.69, 9.17) is 5.11 Å². The first-order chi connectivity index (χ1) is 10.1. The average molecular weight is 283 g/mol. The van der Waals surface area contributed by atoms with Gasteiger partial charge >= 0.3 is 5.97 Å². The summed E-state index contributed by atoms with van der Waals surface area (Å²) < 4.78 is 0. The number of anilines is 1. The van der Waals surface area contributed by atoms with Crippen molar-refractivity contribution in [1.82, 2.24) is 20.4 Å². The molecule has 0 saturated carbocycles. The molecule has 8 nitrogen and oxygen atoms in total. The normalized spacial score (nSPS) is 10.5. The minimum atomic E-state index is -1.11. The summed E-state index contributed by atoms with van der Waals surface area (Å²) in [6, 6.07) is 6.19. The van der Waals surface area contributed by atoms with Crippen molar-refractivity contribution in [2.45, 2.75) is 0 Å². The molecule has 0 atom stereocenters. The molecule has 104 valence electrons. The number of carboxylic acids is 1. The molecule has 1 amide bonds. The molecule has 3 aromatic rings. The van der Waals surface area contributed by atoms with Crippen molar-refractivity contribution in [2.24, 2.45) is 0 Å². The van der Waals surface area contributed by atoms with Gasteiger partial charge in [0.25, 0.3) is 5.91 Å². The summed E-state index contributed by atoms with van der Waals surface area (Å²) in [5, 5.41) is 21.7. The third-order valence-corrected chi connectivity index (χ3v) is 2.82. The molecular formula is C13H9N5O3. The van der Waals surface area contributed by atoms with E-state index in [0.29, 0.717) is 22.3 Å². The van der Waals surface area contributed by atoms with E-state index in [1.54, 1.807) is 18.2 Å². The molecule has 0 aliphatic carbocycles. The number of fused-ring (bicyclic) bond motifs is 1. The smallest absolute Gasteiger partial charge is 0.337 e. The number of nitrogens with one attached hydrogen (secondary N) is 2. The van der Waals surface area contributed by atoms with E-state index in [0.717, 1.165) is 0 Å². The molecule has 0 bridgehead atoms. The third kappa shape index (κ3) is 2.54. The largest absolute Gasteiger partial charge is 0.478 e. The topological polar surface area (TPSA) is 121 Å². The maximum atomic E-state index is 12.1. The molecule has 2 heterocycles. The Kier molecular flexibility index (Phi) is 3.03. The van der Waals surface area contributed by atoms with E-state index >= 15 is 0 Å². The Morgan fingerprint density at radius 3 is 2.67 bits per heavy atom. The summed E-state index contributed by atoms with van der Waals surface area (Å²) in [5.41, 5.74) is 1.91. The molecule has 1 aromatic carbocycles. The van der Waals surface area contributed by atoms with Crippen LogP contribution in [0.15, 0.2) is 36.7 Å². The number of pyridine rings is 1. The highest BCUT2D eigenvalue weighted by molar-refractivity contribution is 6.06. The van der Waals surface area contributed by atoms with Crippen LogP contribution in [0.5, 0.6) is 0 Å². The number of carbonyl (C=O) groups excluding carboxylic acids is 1. The molecular weight excluding hydrogens is 274 g/mol. The van der Waals surface area contributed by atoms with E-state index in [-0.39, 0.29) is 11.5 Å². The minimum Gasteiger partial charge on any atom is -0.478 e. The van der Waals surface area contributed by atoms with Crippen LogP contribution in [0.3, 0.4) is 0 Å². The van der Waals surface area contributed by atoms with Crippen molar-refractivity contribution in [1.29, 1.82) is 0 Å². The summed E-state index contributed by atoms with van der Waals surface area (Å²) in [6.07, 6.45) is 2.58. The van der Waals surface area contributed by atoms with Crippen molar-refractivity contribution in [3.8, 4) is 0 Å². The number of aromatic carboxylic acids is 1. The lowest BCUT2D eigenvalue weighted by atomic mass is 10.2. The molecule has 3 N–H and O–H groups in total. The number of aromatic amines is 1. The van der Waals surface area contributed by atoms with Gasteiger partial charge in [-0.3, -0.25) is 9.78 Å². The second kappa shape index (κ2) is 5.00. The van der Waals surface area contributed by atoms with Gasteiger partial charge < -0.3 is 10.4 Å². The number of amides is 1. The van der Waals surface area contributed by atoms with Gasteiger partial charge in [-0.2, -0.15) is 15.4 Å². The Hall–Kier alpha value is -3.29. The highest BCUT2D eigenvalue weighted by Gasteiger charge is 2.10. The number of hydrogen-bond donors (Lipinski definition) is 3. The molecule has 0 radical (unpaired) electrons. The Labute approximate surface area is 117 Å². The van der Waals surface area contributed by atoms with Gasteiger partial charge in [-0.15, -0.1) is 0 Å². The summed E-state index contributed by atoms with van der Waals surface area (Å²) in [4.78, 5) is 26.7. The summed E-state index contributed by atoms with van der Waals surface area (Å²) in [5.74, 6) is -1.49. The fourth-order valence-corrected chi connectivity index (χ4v) is 1.81. The highest BCUT2D eigenvalue weighted by Crippen LogP contribution is 2.14. The van der Waals surface area contributed by atoms with Crippen LogP contribution in [0.2, 0.25) is 0 Å². The number of nitrogens with zero attached hydrogens (tertiary/aromatic N) is 3. The van der Waals surface area contributed by atoms with E-state index in [1.807, 2.05) is 0 Å². The average Bonchev–Trinajstić information content (AvgIpc) is 2.94. The van der Waals surface area contributed by atoms with Crippen molar-refractivity contribution >= 4 is 28.6 Å². The van der Waals surface area contributed by atoms with Crippen LogP contribution >= 0.6 is 0 Å². The molecule has 0 aliphatic rings. The first-order valence-electron chi connectivity index (χ1n) is 5.94. The van der Waals surface area contributed by atoms with Crippen LogP contribution in [0.25, 0.3) is 11.0 Å². The van der Waals surface area contributed by atoms with Crippen LogP contribution in [0, 0.1) is 0 Å². The van der Waals surface area contributed by atoms with Crippen LogP contribution in [-0.4, -0.2) is 37.4 Å². The number of carboxylic acid groups (broad SMARTS) is 1. The number of rotatable bonds is 3. The molecule has 0 aliphatic heterocycles. The molecule has 3 rings (SSSR count). The van der Waals surface area contributed by atoms with Gasteiger partial charge in [0.15, 0.2) is 0 Å². The molecule has 2 aromatic heterocycles. The first kappa shape index (κ1) is 12.7. The van der Waals surface area contributed by atoms with Gasteiger partial charge in [0, 0.05) is 11.8 Å². The monoisotopic (exact) mass is 283 g/mol. The lowest BCUT2D eigenvalue weighted by Gasteiger charge is -2.05. The Morgan fingerprint density at radius 1 is 1.05 bits per heavy atom. The lowest BCUT2D eigenvalue weighted by molar-refractivity contribution is 0.0696. The molecule has 21 heavy (non-hydrogen) atoms. The molecule has 0 saturated heterocycles. The number of H-pyrrole nitrogens is 1. The van der Waals surface area contributed by atoms with Crippen molar-refractivity contribution in [3.63, 3.8) is 0 Å². The van der Waals surface area contributed by atoms with Crippen LogP contribution in [0.4, 0.5) is 5.69 Å². The van der Waals surface area contributed by atoms with Gasteiger partial charge in [-0.25, -0.2) is 4.79 Å². The molecule has 0 unspecified atom stereocenters. The number of benzene rings is 1. The first-order valence-corrected chi connectivity index (χ1v) is 5.94. The summed E-state index contributed by atoms with van der Waals surface area (Å²) in [6.45, 7) is 0. The van der Waals surface area contributed by atoms with E-state index in [2.05, 4.69) is 25.7 Å². The SMILES string of the molecule is O=C(O)c1cncc(NC(=O)c2ccc3n[nH]nc3c2)c1. The van der Waals surface area contributed by atoms with Gasteiger partial charge in [0.1, 0.15) is 11.0 Å². The maximum absolute atomic E-state index is 12.1. The predicted molar refractivity (Wildman–Crippen MR) is 73.0 cm³/mol. The van der Waals surface area contributed by atoms with Crippen LogP contribution in [0.1, 0.15) is 20.7 Å². The standard InChI is InChI=1S/C13H9N5O3/c19-12(7-1-2-10-11(4-7)17-18-16-10)15-9-3-8(13(20)21)5-14-6-9/h1-6H,(H,15,19)(H,20,21)(H,16,17,18). The Balaban J connectivity index is 1.85. The zero-order valence-electron chi connectivity index (χ0n) is 10.6. The van der Waals surface area contributed by atoms with Crippen LogP contribution in [-0.2, 0) is 0 Å². The minimum absolute atomic E-state index is 0.000228. The molecule has 0 spiro atoms. The third-order valence-electron chi connectivity index (χ3n) is 2.82. The summed E-state index contributed by atoms with van der Waals surface area (Å²) in [7, 11) is 0. The molecule has 0 fully saturated rings. The van der Waals surface area contributed by atoms with E-state index in [9.17, 15) is 9.59 Å². The summed E-state index contributed by atoms with van der Waals surface area (Å²) >= 11 is 0. The Bertz CT molecular complexity index is 842. The Morgan fingerprint density at radius 2 is 1.86 bits per heavy atom. The van der Waals surface area contributed by atoms with Crippen molar-refractivity contribution in [3.05, 3.63) is 47.8 Å². The maximum Gasteiger partial charge on any atom is 0.337 e. The fraction of sp³-hybridized carbons (Fsp3) is 0. The predicted octanol–water partition coefficient (Wildman–Crippen LogP) is 1.30. The van der Waals surface area contributed by atoms with Crippen molar-refractivity contribution < 1.29 is 14.7 Å². The second-order valence-electron chi connectivity index (χ2n) is 4.25. The zero-order chi connectivity index (χ0) is 14.8. The number of carbonyl (C=O) groups is 2. The van der Waals surface area contributed by atoms with Gasteiger partial charge in [0.2, 0.25) is 0 Å². The van der Waals surface area contributed by atoms with E-state index < -0.39 is 5.97 Å². The fourth-order valence-electron chi connectivity index (χ4n) is 1.81. The van der Waals surface area contributed by atoms with Gasteiger partial charge in [-0.05, 0) is 24.3 Å². The zero-order valence-corrected chi connectivity index (χ0v) is 10.6. The van der Waals surface area contributed by atoms with Crippen molar-refractivity contribution in [2.75, 3.05) is 5.32 Å². The number of hydrogen-bond acceptors (Lipinski definition) is 5. The van der Waals surface area contributed by atoms with Gasteiger partial charge in [0.05, 0.1) is 17.4 Å². The number of aromatic nitrogens is 4. The molecule has 8 heteroatoms. The highest BCUT2D eigenvalue weighted by atomic mass is 16.4. The lowest BCUT2D eigenvalue weighted by Crippen LogP contribution is -2.12. The van der Waals surface area contributed by atoms with Crippen LogP contribution < -0.4 is 5.32 Å². The van der Waals surface area contributed by atoms with Gasteiger partial charge in [-0.1, -0.05) is 0 Å².